The molecule has 1 aliphatic rings. The molecule has 1 amide bonds. The van der Waals surface area contributed by atoms with E-state index in [0.717, 1.165) is 17.8 Å². The maximum absolute atomic E-state index is 13.0. The molecule has 2 heterocycles. The quantitative estimate of drug-likeness (QED) is 0.802. The van der Waals surface area contributed by atoms with Gasteiger partial charge in [0.15, 0.2) is 5.82 Å². The van der Waals surface area contributed by atoms with Gasteiger partial charge in [-0.2, -0.15) is 5.10 Å². The summed E-state index contributed by atoms with van der Waals surface area (Å²) in [5.41, 5.74) is 3.66. The van der Waals surface area contributed by atoms with Crippen LogP contribution in [0.4, 0.5) is 0 Å². The molecule has 0 fully saturated rings. The van der Waals surface area contributed by atoms with Gasteiger partial charge in [-0.1, -0.05) is 54.6 Å². The largest absolute Gasteiger partial charge is 0.331 e. The fourth-order valence-electron chi connectivity index (χ4n) is 3.53. The van der Waals surface area contributed by atoms with Crippen LogP contribution < -0.4 is 0 Å². The highest BCUT2D eigenvalue weighted by molar-refractivity contribution is 5.79. The van der Waals surface area contributed by atoms with E-state index in [1.165, 1.54) is 11.1 Å². The molecule has 1 atom stereocenters. The second-order valence-electron chi connectivity index (χ2n) is 6.36. The van der Waals surface area contributed by atoms with Gasteiger partial charge in [0.05, 0.1) is 12.5 Å². The Morgan fingerprint density at radius 1 is 1.16 bits per heavy atom. The van der Waals surface area contributed by atoms with Gasteiger partial charge in [0, 0.05) is 6.54 Å². The summed E-state index contributed by atoms with van der Waals surface area (Å²) in [5, 5.41) is 6.91. The lowest BCUT2D eigenvalue weighted by molar-refractivity contribution is -0.132. The van der Waals surface area contributed by atoms with Crippen molar-refractivity contribution >= 4 is 5.91 Å². The van der Waals surface area contributed by atoms with Crippen molar-refractivity contribution in [1.82, 2.24) is 20.1 Å². The predicted molar refractivity (Wildman–Crippen MR) is 95.0 cm³/mol. The van der Waals surface area contributed by atoms with Crippen LogP contribution in [0, 0.1) is 6.92 Å². The van der Waals surface area contributed by atoms with Crippen molar-refractivity contribution in [3.8, 4) is 0 Å². The molecule has 4 rings (SSSR count). The third-order valence-corrected chi connectivity index (χ3v) is 4.67. The van der Waals surface area contributed by atoms with E-state index < -0.39 is 0 Å². The van der Waals surface area contributed by atoms with Crippen molar-refractivity contribution < 1.29 is 4.79 Å². The Morgan fingerprint density at radius 3 is 2.68 bits per heavy atom. The maximum atomic E-state index is 13.0. The Balaban J connectivity index is 1.69. The molecule has 0 spiro atoms. The molecule has 25 heavy (non-hydrogen) atoms. The fourth-order valence-corrected chi connectivity index (χ4v) is 3.53. The first-order valence-corrected chi connectivity index (χ1v) is 8.52. The Kier molecular flexibility index (Phi) is 4.06. The van der Waals surface area contributed by atoms with Crippen molar-refractivity contribution in [3.63, 3.8) is 0 Å². The second kappa shape index (κ2) is 6.51. The van der Waals surface area contributed by atoms with Crippen LogP contribution in [0.25, 0.3) is 0 Å². The number of nitrogens with one attached hydrogen (secondary N) is 1. The predicted octanol–water partition coefficient (Wildman–Crippen LogP) is 2.83. The number of nitrogens with zero attached hydrogens (tertiary/aromatic N) is 3. The summed E-state index contributed by atoms with van der Waals surface area (Å²) >= 11 is 0. The zero-order valence-corrected chi connectivity index (χ0v) is 14.1. The monoisotopic (exact) mass is 332 g/mol. The number of carbonyl (C=O) groups excluding carboxylic acids is 1. The summed E-state index contributed by atoms with van der Waals surface area (Å²) in [6.07, 6.45) is 1.09. The number of hydrogen-bond acceptors (Lipinski definition) is 3. The van der Waals surface area contributed by atoms with Crippen LogP contribution in [0.1, 0.15) is 34.4 Å². The topological polar surface area (TPSA) is 61.9 Å². The van der Waals surface area contributed by atoms with E-state index in [0.29, 0.717) is 12.4 Å². The van der Waals surface area contributed by atoms with E-state index in [2.05, 4.69) is 45.5 Å². The first-order chi connectivity index (χ1) is 12.2. The Morgan fingerprint density at radius 2 is 1.92 bits per heavy atom. The van der Waals surface area contributed by atoms with Crippen LogP contribution in [0.15, 0.2) is 54.6 Å². The van der Waals surface area contributed by atoms with Gasteiger partial charge in [-0.05, 0) is 30.0 Å². The minimum atomic E-state index is -0.0568. The molecule has 1 aromatic heterocycles. The second-order valence-corrected chi connectivity index (χ2v) is 6.36. The normalized spacial score (nSPS) is 16.5. The highest BCUT2D eigenvalue weighted by Crippen LogP contribution is 2.35. The van der Waals surface area contributed by atoms with Crippen LogP contribution in [0.5, 0.6) is 0 Å². The van der Waals surface area contributed by atoms with Crippen LogP contribution in [0.2, 0.25) is 0 Å². The van der Waals surface area contributed by atoms with E-state index >= 15 is 0 Å². The molecule has 2 aromatic carbocycles. The summed E-state index contributed by atoms with van der Waals surface area (Å²) in [4.78, 5) is 19.2. The summed E-state index contributed by atoms with van der Waals surface area (Å²) in [5.74, 6) is 1.34. The van der Waals surface area contributed by atoms with E-state index in [4.69, 9.17) is 0 Å². The molecule has 126 valence electrons. The summed E-state index contributed by atoms with van der Waals surface area (Å²) in [7, 11) is 0. The van der Waals surface area contributed by atoms with Gasteiger partial charge in [-0.25, -0.2) is 4.98 Å². The standard InChI is InChI=1S/C20H20N4O/c1-14-21-18(23-22-14)13-19(25)24-12-11-15-7-5-6-10-17(15)20(24)16-8-3-2-4-9-16/h2-10,20H,11-13H2,1H3,(H,21,22,23)/t20-/m1/s1. The van der Waals surface area contributed by atoms with Gasteiger partial charge in [0.2, 0.25) is 5.91 Å². The lowest BCUT2D eigenvalue weighted by Gasteiger charge is -2.37. The van der Waals surface area contributed by atoms with Gasteiger partial charge in [-0.3, -0.25) is 9.89 Å². The first-order valence-electron chi connectivity index (χ1n) is 8.52. The number of aromatic amines is 1. The molecule has 1 N–H and O–H groups in total. The Hall–Kier alpha value is -2.95. The van der Waals surface area contributed by atoms with Gasteiger partial charge < -0.3 is 4.90 Å². The van der Waals surface area contributed by atoms with Gasteiger partial charge in [0.1, 0.15) is 5.82 Å². The highest BCUT2D eigenvalue weighted by Gasteiger charge is 2.32. The SMILES string of the molecule is Cc1nc(CC(=O)N2CCc3ccccc3[C@H]2c2ccccc2)n[nH]1. The molecule has 0 unspecified atom stereocenters. The average molecular weight is 332 g/mol. The molecular formula is C20H20N4O. The van der Waals surface area contributed by atoms with E-state index in [-0.39, 0.29) is 18.4 Å². The Bertz CT molecular complexity index is 887. The van der Waals surface area contributed by atoms with Gasteiger partial charge in [0.25, 0.3) is 0 Å². The molecule has 0 aliphatic carbocycles. The highest BCUT2D eigenvalue weighted by atomic mass is 16.2. The van der Waals surface area contributed by atoms with Crippen molar-refractivity contribution in [2.24, 2.45) is 0 Å². The number of hydrogen-bond donors (Lipinski definition) is 1. The number of carbonyl (C=O) groups is 1. The number of rotatable bonds is 3. The van der Waals surface area contributed by atoms with Crippen LogP contribution in [0.3, 0.4) is 0 Å². The zero-order valence-electron chi connectivity index (χ0n) is 14.1. The fraction of sp³-hybridized carbons (Fsp3) is 0.250. The van der Waals surface area contributed by atoms with Gasteiger partial charge >= 0.3 is 0 Å². The van der Waals surface area contributed by atoms with Crippen LogP contribution in [-0.2, 0) is 17.6 Å². The third-order valence-electron chi connectivity index (χ3n) is 4.67. The molecule has 0 saturated carbocycles. The smallest absolute Gasteiger partial charge is 0.231 e. The molecule has 5 nitrogen and oxygen atoms in total. The number of aryl methyl sites for hydroxylation is 1. The molecular weight excluding hydrogens is 312 g/mol. The summed E-state index contributed by atoms with van der Waals surface area (Å²) in [6.45, 7) is 2.55. The molecule has 1 aliphatic heterocycles. The minimum absolute atomic E-state index is 0.0568. The van der Waals surface area contributed by atoms with Gasteiger partial charge in [-0.15, -0.1) is 0 Å². The zero-order chi connectivity index (χ0) is 17.2. The van der Waals surface area contributed by atoms with Crippen LogP contribution in [-0.4, -0.2) is 32.5 Å². The number of benzene rings is 2. The molecule has 0 saturated heterocycles. The first kappa shape index (κ1) is 15.6. The van der Waals surface area contributed by atoms with E-state index in [1.807, 2.05) is 36.1 Å². The van der Waals surface area contributed by atoms with Crippen molar-refractivity contribution in [2.45, 2.75) is 25.8 Å². The maximum Gasteiger partial charge on any atom is 0.231 e. The van der Waals surface area contributed by atoms with Crippen molar-refractivity contribution in [1.29, 1.82) is 0 Å². The number of amides is 1. The third kappa shape index (κ3) is 3.05. The minimum Gasteiger partial charge on any atom is -0.331 e. The summed E-state index contributed by atoms with van der Waals surface area (Å²) < 4.78 is 0. The molecule has 5 heteroatoms. The number of aromatic nitrogens is 3. The number of H-pyrrole nitrogens is 1. The lowest BCUT2D eigenvalue weighted by atomic mass is 9.88. The van der Waals surface area contributed by atoms with Crippen molar-refractivity contribution in [3.05, 3.63) is 82.9 Å². The van der Waals surface area contributed by atoms with Crippen LogP contribution >= 0.6 is 0 Å². The Labute approximate surface area is 146 Å². The lowest BCUT2D eigenvalue weighted by Crippen LogP contribution is -2.41. The number of fused-ring (bicyclic) bond motifs is 1. The molecule has 3 aromatic rings. The van der Waals surface area contributed by atoms with Crippen molar-refractivity contribution in [2.75, 3.05) is 6.54 Å². The molecule has 0 bridgehead atoms. The van der Waals surface area contributed by atoms with E-state index in [1.54, 1.807) is 0 Å². The average Bonchev–Trinajstić information content (AvgIpc) is 3.06. The molecule has 0 radical (unpaired) electrons. The summed E-state index contributed by atoms with van der Waals surface area (Å²) in [6, 6.07) is 18.6. The van der Waals surface area contributed by atoms with E-state index in [9.17, 15) is 4.79 Å².